The Kier molecular flexibility index (Phi) is 46.1. The van der Waals surface area contributed by atoms with Crippen molar-refractivity contribution in [2.45, 2.75) is 94.9 Å². The van der Waals surface area contributed by atoms with E-state index in [1.54, 1.807) is 0 Å². The van der Waals surface area contributed by atoms with Crippen LogP contribution in [0.25, 0.3) is 0 Å². The molecule has 45 heavy (non-hydrogen) atoms. The van der Waals surface area contributed by atoms with Gasteiger partial charge in [-0.25, -0.2) is 9.80 Å². The van der Waals surface area contributed by atoms with Crippen molar-refractivity contribution in [2.24, 2.45) is 0 Å². The van der Waals surface area contributed by atoms with Crippen LogP contribution in [0.2, 0.25) is 0 Å². The summed E-state index contributed by atoms with van der Waals surface area (Å²) in [4.78, 5) is 5.65. The fourth-order valence-electron chi connectivity index (χ4n) is 4.35. The van der Waals surface area contributed by atoms with Crippen LogP contribution in [0.15, 0.2) is 0 Å². The van der Waals surface area contributed by atoms with Crippen LogP contribution in [0.5, 0.6) is 0 Å². The standard InChI is InChI=1S/2C14H33NP2.2BF4.Ni/c2*1-6-11-12-15(13-16(7-2)8-3)14-17(9-4)10-5;2*2-1(3,4)5;/h2*6-14H2,1-5H3;;;/q;;2*-1;+2/p+4. The van der Waals surface area contributed by atoms with Gasteiger partial charge in [0, 0.05) is 44.8 Å². The van der Waals surface area contributed by atoms with Crippen molar-refractivity contribution in [3.63, 3.8) is 0 Å². The van der Waals surface area contributed by atoms with Crippen LogP contribution >= 0.6 is 31.7 Å². The fourth-order valence-corrected chi connectivity index (χ4v) is 12.2. The van der Waals surface area contributed by atoms with Gasteiger partial charge in [0.1, 0.15) is 25.1 Å². The van der Waals surface area contributed by atoms with E-state index in [0.717, 1.165) is 0 Å². The molecule has 0 saturated heterocycles. The summed E-state index contributed by atoms with van der Waals surface area (Å²) < 4.78 is 78.0. The Bertz CT molecular complexity index is 490. The van der Waals surface area contributed by atoms with Gasteiger partial charge in [-0.15, -0.1) is 0 Å². The van der Waals surface area contributed by atoms with Crippen molar-refractivity contribution >= 4 is 46.2 Å². The van der Waals surface area contributed by atoms with Crippen LogP contribution in [-0.4, -0.2) is 112 Å². The smallest absolute Gasteiger partial charge is 0.418 e. The Morgan fingerprint density at radius 1 is 0.378 bits per heavy atom. The molecule has 0 saturated carbocycles. The van der Waals surface area contributed by atoms with Gasteiger partial charge in [-0.2, -0.15) is 0 Å². The third-order valence-corrected chi connectivity index (χ3v) is 19.0. The van der Waals surface area contributed by atoms with Crippen LogP contribution in [0.3, 0.4) is 0 Å². The first-order chi connectivity index (χ1) is 20.4. The van der Waals surface area contributed by atoms with Gasteiger partial charge in [0.05, 0.1) is 49.3 Å². The maximum Gasteiger partial charge on any atom is 2.00 e. The molecule has 0 aromatic rings. The van der Waals surface area contributed by atoms with Gasteiger partial charge in [0.25, 0.3) is 0 Å². The van der Waals surface area contributed by atoms with Crippen molar-refractivity contribution in [3.05, 3.63) is 0 Å². The van der Waals surface area contributed by atoms with Gasteiger partial charge >= 0.3 is 31.0 Å². The molecule has 0 radical (unpaired) electrons. The van der Waals surface area contributed by atoms with E-state index in [1.165, 1.54) is 113 Å². The summed E-state index contributed by atoms with van der Waals surface area (Å²) in [7, 11) is -12.3. The Morgan fingerprint density at radius 3 is 0.644 bits per heavy atom. The van der Waals surface area contributed by atoms with Crippen molar-refractivity contribution in [1.29, 1.82) is 0 Å². The van der Waals surface area contributed by atoms with Crippen molar-refractivity contribution in [3.8, 4) is 0 Å². The average Bonchev–Trinajstić information content (AvgIpc) is 2.95. The van der Waals surface area contributed by atoms with Crippen LogP contribution in [0.4, 0.5) is 34.5 Å². The molecule has 0 fully saturated rings. The molecule has 2 nitrogen and oxygen atoms in total. The molecule has 0 aliphatic rings. The summed E-state index contributed by atoms with van der Waals surface area (Å²) >= 11 is 0. The zero-order valence-electron chi connectivity index (χ0n) is 30.1. The van der Waals surface area contributed by atoms with E-state index < -0.39 is 14.5 Å². The number of halogens is 8. The maximum atomic E-state index is 9.75. The maximum absolute atomic E-state index is 9.75. The molecule has 0 aliphatic carbocycles. The SMILES string of the molecule is CCCCN(C[PH+](CC)CC)C[PH+](CC)CC.CCCCN(C[PH+](CC)CC)C[PH+](CC)CC.F[B-](F)(F)F.F[B-](F)(F)F.[Ni+2]. The minimum atomic E-state index is -6.00. The third-order valence-electron chi connectivity index (χ3n) is 7.44. The van der Waals surface area contributed by atoms with E-state index in [0.29, 0.717) is 0 Å². The third kappa shape index (κ3) is 50.2. The molecule has 0 unspecified atom stereocenters. The van der Waals surface area contributed by atoms with E-state index in [-0.39, 0.29) is 48.2 Å². The second-order valence-electron chi connectivity index (χ2n) is 10.9. The van der Waals surface area contributed by atoms with Gasteiger partial charge < -0.3 is 34.5 Å². The molecule has 0 aromatic heterocycles. The Balaban J connectivity index is -0.000000179. The second kappa shape index (κ2) is 37.0. The number of hydrogen-bond donors (Lipinski definition) is 0. The summed E-state index contributed by atoms with van der Waals surface area (Å²) in [5.41, 5.74) is 0. The van der Waals surface area contributed by atoms with Crippen LogP contribution < -0.4 is 0 Å². The minimum absolute atomic E-state index is 0. The average molecular weight is 791 g/mol. The van der Waals surface area contributed by atoms with E-state index >= 15 is 0 Å². The molecule has 0 aliphatic heterocycles. The fraction of sp³-hybridized carbons (Fsp3) is 1.00. The topological polar surface area (TPSA) is 6.48 Å². The molecular formula is C28H70B2F8N2NiP4+4. The number of unbranched alkanes of at least 4 members (excludes halogenated alkanes) is 2. The molecule has 0 rings (SSSR count). The summed E-state index contributed by atoms with van der Waals surface area (Å²) in [5, 5.41) is 0. The minimum Gasteiger partial charge on any atom is -0.418 e. The number of hydrogen-bond acceptors (Lipinski definition) is 2. The molecule has 0 amide bonds. The monoisotopic (exact) mass is 790 g/mol. The predicted octanol–water partition coefficient (Wildman–Crippen LogP) is 11.6. The van der Waals surface area contributed by atoms with Gasteiger partial charge in [0.2, 0.25) is 0 Å². The Morgan fingerprint density at radius 2 is 0.533 bits per heavy atom. The molecule has 17 heteroatoms. The second-order valence-corrected chi connectivity index (χ2v) is 23.9. The van der Waals surface area contributed by atoms with Gasteiger partial charge in [0.15, 0.2) is 0 Å². The largest absolute Gasteiger partial charge is 2.00 e. The summed E-state index contributed by atoms with van der Waals surface area (Å²) in [6.45, 7) is 26.5. The number of nitrogens with zero attached hydrogens (tertiary/aromatic N) is 2. The predicted molar refractivity (Wildman–Crippen MR) is 201 cm³/mol. The summed E-state index contributed by atoms with van der Waals surface area (Å²) in [5.74, 6) is 0. The zero-order chi connectivity index (χ0) is 35.2. The van der Waals surface area contributed by atoms with E-state index in [4.69, 9.17) is 0 Å². The molecule has 0 bridgehead atoms. The first kappa shape index (κ1) is 56.1. The van der Waals surface area contributed by atoms with Crippen LogP contribution in [0.1, 0.15) is 94.9 Å². The van der Waals surface area contributed by atoms with Crippen LogP contribution in [0, 0.1) is 0 Å². The summed E-state index contributed by atoms with van der Waals surface area (Å²) in [6, 6.07) is 0. The van der Waals surface area contributed by atoms with Crippen molar-refractivity contribution in [1.82, 2.24) is 9.80 Å². The quantitative estimate of drug-likeness (QED) is 0.0612. The molecule has 0 aromatic carbocycles. The molecule has 0 spiro atoms. The summed E-state index contributed by atoms with van der Waals surface area (Å²) in [6.07, 6.45) is 22.9. The van der Waals surface area contributed by atoms with Gasteiger partial charge in [-0.3, -0.25) is 0 Å². The molecule has 0 N–H and O–H groups in total. The molecular weight excluding hydrogens is 721 g/mol. The first-order valence-electron chi connectivity index (χ1n) is 17.0. The van der Waals surface area contributed by atoms with Gasteiger partial charge in [-0.1, -0.05) is 26.7 Å². The zero-order valence-corrected chi connectivity index (χ0v) is 35.1. The normalized spacial score (nSPS) is 11.7. The molecule has 0 heterocycles. The van der Waals surface area contributed by atoms with Crippen molar-refractivity contribution in [2.75, 3.05) is 87.5 Å². The van der Waals surface area contributed by atoms with Crippen molar-refractivity contribution < 1.29 is 51.0 Å². The van der Waals surface area contributed by atoms with Gasteiger partial charge in [-0.05, 0) is 68.2 Å². The molecule has 280 valence electrons. The first-order valence-corrected chi connectivity index (χ1v) is 25.4. The van der Waals surface area contributed by atoms with E-state index in [1.807, 2.05) is 0 Å². The van der Waals surface area contributed by atoms with E-state index in [9.17, 15) is 34.5 Å². The van der Waals surface area contributed by atoms with E-state index in [2.05, 4.69) is 79.0 Å². The Hall–Kier alpha value is 1.70. The van der Waals surface area contributed by atoms with Crippen LogP contribution in [-0.2, 0) is 16.5 Å². The number of rotatable bonds is 22. The Labute approximate surface area is 288 Å². The molecule has 0 atom stereocenters.